The summed E-state index contributed by atoms with van der Waals surface area (Å²) in [5.41, 5.74) is 0. The number of hydrogen-bond acceptors (Lipinski definition) is 7. The van der Waals surface area contributed by atoms with E-state index in [4.69, 9.17) is 0 Å². The molecule has 1 rings (SSSR count). The minimum absolute atomic E-state index is 0.0908. The number of ether oxygens (including phenoxy) is 1. The predicted molar refractivity (Wildman–Crippen MR) is 119 cm³/mol. The second kappa shape index (κ2) is 15.9. The highest BCUT2D eigenvalue weighted by Crippen LogP contribution is 2.23. The predicted octanol–water partition coefficient (Wildman–Crippen LogP) is 4.57. The second-order valence-corrected chi connectivity index (χ2v) is 8.30. The zero-order valence-electron chi connectivity index (χ0n) is 18.8. The molecule has 0 amide bonds. The molecule has 0 radical (unpaired) electrons. The van der Waals surface area contributed by atoms with Crippen molar-refractivity contribution in [1.29, 1.82) is 0 Å². The highest BCUT2D eigenvalue weighted by molar-refractivity contribution is 5.89. The van der Waals surface area contributed by atoms with E-state index in [0.717, 1.165) is 38.5 Å². The molecule has 0 bridgehead atoms. The summed E-state index contributed by atoms with van der Waals surface area (Å²) in [4.78, 5) is 23.2. The Morgan fingerprint density at radius 2 is 1.42 bits per heavy atom. The van der Waals surface area contributed by atoms with E-state index in [-0.39, 0.29) is 6.42 Å². The van der Waals surface area contributed by atoms with E-state index in [2.05, 4.69) is 23.8 Å². The average Bonchev–Trinajstić information content (AvgIpc) is 3.02. The normalized spacial score (nSPS) is 18.5. The number of Topliss-reactive ketones (excluding diaryl/α,β-unsaturated/α-hetero) is 1. The number of aliphatic hydroxyl groups is 4. The number of allylic oxidation sites excluding steroid dienone is 2. The summed E-state index contributed by atoms with van der Waals surface area (Å²) in [6.45, 7) is 2.23. The monoisotopic (exact) mass is 440 g/mol. The van der Waals surface area contributed by atoms with Crippen LogP contribution >= 0.6 is 0 Å². The third-order valence-electron chi connectivity index (χ3n) is 5.59. The molecular formula is C24H40O7. The summed E-state index contributed by atoms with van der Waals surface area (Å²) in [5, 5.41) is 38.7. The largest absolute Gasteiger partial charge is 0.505 e. The molecule has 31 heavy (non-hydrogen) atoms. The maximum Gasteiger partial charge on any atom is 0.377 e. The summed E-state index contributed by atoms with van der Waals surface area (Å²) in [5.74, 6) is -3.66. The smallest absolute Gasteiger partial charge is 0.377 e. The van der Waals surface area contributed by atoms with Gasteiger partial charge in [0.25, 0.3) is 0 Å². The van der Waals surface area contributed by atoms with Crippen molar-refractivity contribution in [3.05, 3.63) is 23.7 Å². The number of carbonyl (C=O) groups is 2. The Hall–Kier alpha value is -1.86. The van der Waals surface area contributed by atoms with Gasteiger partial charge in [-0.1, -0.05) is 70.4 Å². The molecular weight excluding hydrogens is 400 g/mol. The lowest BCUT2D eigenvalue weighted by Crippen LogP contribution is -2.43. The molecule has 0 aliphatic carbocycles. The fourth-order valence-corrected chi connectivity index (χ4v) is 3.57. The number of cyclic esters (lactones) is 1. The Labute approximate surface area is 185 Å². The topological polar surface area (TPSA) is 124 Å². The Morgan fingerprint density at radius 1 is 0.903 bits per heavy atom. The van der Waals surface area contributed by atoms with Crippen LogP contribution in [0.4, 0.5) is 0 Å². The summed E-state index contributed by atoms with van der Waals surface area (Å²) in [6.07, 6.45) is 14.2. The molecule has 7 heteroatoms. The molecule has 0 aromatic rings. The van der Waals surface area contributed by atoms with E-state index in [1.165, 1.54) is 38.5 Å². The van der Waals surface area contributed by atoms with Gasteiger partial charge >= 0.3 is 5.97 Å². The SMILES string of the molecule is CCCCCCCC/C=C\CCCCCCCC(=O)C(O)[C@H](O)[C@H]1OC(=O)C(O)=C1O. The van der Waals surface area contributed by atoms with Gasteiger partial charge in [0.2, 0.25) is 5.76 Å². The Bertz CT molecular complexity index is 597. The van der Waals surface area contributed by atoms with Crippen LogP contribution in [0, 0.1) is 0 Å². The molecule has 3 atom stereocenters. The van der Waals surface area contributed by atoms with Gasteiger partial charge in [0.05, 0.1) is 0 Å². The van der Waals surface area contributed by atoms with Crippen molar-refractivity contribution < 1.29 is 34.8 Å². The summed E-state index contributed by atoms with van der Waals surface area (Å²) >= 11 is 0. The number of carbonyl (C=O) groups excluding carboxylic acids is 2. The first-order valence-corrected chi connectivity index (χ1v) is 11.8. The minimum atomic E-state index is -1.82. The van der Waals surface area contributed by atoms with Crippen molar-refractivity contribution in [1.82, 2.24) is 0 Å². The third-order valence-corrected chi connectivity index (χ3v) is 5.59. The molecule has 1 aliphatic heterocycles. The Balaban J connectivity index is 2.03. The number of hydrogen-bond donors (Lipinski definition) is 4. The summed E-state index contributed by atoms with van der Waals surface area (Å²) < 4.78 is 4.57. The molecule has 1 unspecified atom stereocenters. The average molecular weight is 441 g/mol. The fraction of sp³-hybridized carbons (Fsp3) is 0.750. The van der Waals surface area contributed by atoms with Gasteiger partial charge in [-0.05, 0) is 32.1 Å². The molecule has 0 saturated heterocycles. The van der Waals surface area contributed by atoms with Crippen LogP contribution in [-0.2, 0) is 14.3 Å². The summed E-state index contributed by atoms with van der Waals surface area (Å²) in [7, 11) is 0. The van der Waals surface area contributed by atoms with Gasteiger partial charge in [-0.25, -0.2) is 4.79 Å². The number of unbranched alkanes of at least 4 members (excludes halogenated alkanes) is 11. The van der Waals surface area contributed by atoms with Gasteiger partial charge in [-0.15, -0.1) is 0 Å². The molecule has 178 valence electrons. The Morgan fingerprint density at radius 3 is 1.94 bits per heavy atom. The molecule has 0 aromatic heterocycles. The van der Waals surface area contributed by atoms with Crippen LogP contribution in [0.3, 0.4) is 0 Å². The van der Waals surface area contributed by atoms with E-state index in [0.29, 0.717) is 6.42 Å². The van der Waals surface area contributed by atoms with Crippen molar-refractivity contribution in [2.45, 2.75) is 115 Å². The number of rotatable bonds is 18. The zero-order chi connectivity index (χ0) is 23.1. The lowest BCUT2D eigenvalue weighted by atomic mass is 9.99. The van der Waals surface area contributed by atoms with Gasteiger partial charge in [0.15, 0.2) is 17.6 Å². The fourth-order valence-electron chi connectivity index (χ4n) is 3.57. The molecule has 0 fully saturated rings. The molecule has 0 saturated carbocycles. The van der Waals surface area contributed by atoms with Gasteiger partial charge < -0.3 is 25.2 Å². The van der Waals surface area contributed by atoms with Crippen LogP contribution in [0.2, 0.25) is 0 Å². The van der Waals surface area contributed by atoms with Gasteiger partial charge in [0, 0.05) is 6.42 Å². The molecule has 0 spiro atoms. The highest BCUT2D eigenvalue weighted by atomic mass is 16.6. The van der Waals surface area contributed by atoms with E-state index in [9.17, 15) is 30.0 Å². The first kappa shape index (κ1) is 27.2. The molecule has 7 nitrogen and oxygen atoms in total. The lowest BCUT2D eigenvalue weighted by Gasteiger charge is -2.21. The molecule has 0 aromatic carbocycles. The van der Waals surface area contributed by atoms with Crippen molar-refractivity contribution in [3.8, 4) is 0 Å². The molecule has 1 heterocycles. The van der Waals surface area contributed by atoms with Crippen LogP contribution in [0.5, 0.6) is 0 Å². The van der Waals surface area contributed by atoms with Crippen LogP contribution in [0.1, 0.15) is 96.8 Å². The standard InChI is InChI=1S/C24H40O7/c1-2-3-4-5-6-7-8-9-10-11-12-13-14-15-16-17-18(25)19(26)20(27)23-21(28)22(29)24(30)31-23/h9-10,19-20,23,26-29H,2-8,11-17H2,1H3/b10-9-/t19?,20-,23+/m0/s1. The lowest BCUT2D eigenvalue weighted by molar-refractivity contribution is -0.154. The third kappa shape index (κ3) is 10.3. The zero-order valence-corrected chi connectivity index (χ0v) is 18.8. The van der Waals surface area contributed by atoms with Gasteiger partial charge in [0.1, 0.15) is 12.2 Å². The number of aliphatic hydroxyl groups excluding tert-OH is 4. The van der Waals surface area contributed by atoms with Gasteiger partial charge in [-0.2, -0.15) is 0 Å². The van der Waals surface area contributed by atoms with E-state index >= 15 is 0 Å². The van der Waals surface area contributed by atoms with E-state index < -0.39 is 41.6 Å². The van der Waals surface area contributed by atoms with Crippen LogP contribution in [0.25, 0.3) is 0 Å². The quantitative estimate of drug-likeness (QED) is 0.140. The van der Waals surface area contributed by atoms with Crippen LogP contribution in [-0.4, -0.2) is 50.5 Å². The Kier molecular flexibility index (Phi) is 13.9. The van der Waals surface area contributed by atoms with Crippen LogP contribution in [0.15, 0.2) is 23.7 Å². The minimum Gasteiger partial charge on any atom is -0.505 e. The van der Waals surface area contributed by atoms with Crippen LogP contribution < -0.4 is 0 Å². The van der Waals surface area contributed by atoms with Crippen molar-refractivity contribution >= 4 is 11.8 Å². The molecule has 1 aliphatic rings. The highest BCUT2D eigenvalue weighted by Gasteiger charge is 2.43. The van der Waals surface area contributed by atoms with E-state index in [1.807, 2.05) is 0 Å². The molecule has 4 N–H and O–H groups in total. The number of esters is 1. The van der Waals surface area contributed by atoms with E-state index in [1.54, 1.807) is 0 Å². The first-order valence-electron chi connectivity index (χ1n) is 11.8. The van der Waals surface area contributed by atoms with Crippen molar-refractivity contribution in [2.75, 3.05) is 0 Å². The number of ketones is 1. The van der Waals surface area contributed by atoms with Crippen molar-refractivity contribution in [2.24, 2.45) is 0 Å². The first-order chi connectivity index (χ1) is 14.9. The van der Waals surface area contributed by atoms with Crippen molar-refractivity contribution in [3.63, 3.8) is 0 Å². The maximum absolute atomic E-state index is 12.0. The maximum atomic E-state index is 12.0. The van der Waals surface area contributed by atoms with Gasteiger partial charge in [-0.3, -0.25) is 4.79 Å². The second-order valence-electron chi connectivity index (χ2n) is 8.30. The summed E-state index contributed by atoms with van der Waals surface area (Å²) in [6, 6.07) is 0.